The van der Waals surface area contributed by atoms with Gasteiger partial charge in [0.05, 0.1) is 5.38 Å². The Balaban J connectivity index is 2.63. The van der Waals surface area contributed by atoms with Gasteiger partial charge in [-0.2, -0.15) is 0 Å². The van der Waals surface area contributed by atoms with E-state index in [1.807, 2.05) is 30.3 Å². The van der Waals surface area contributed by atoms with Gasteiger partial charge in [-0.25, -0.2) is 0 Å². The summed E-state index contributed by atoms with van der Waals surface area (Å²) in [6.07, 6.45) is 4.10. The lowest BCUT2D eigenvalue weighted by Gasteiger charge is -2.03. The summed E-state index contributed by atoms with van der Waals surface area (Å²) in [5.41, 5.74) is 2.31. The Morgan fingerprint density at radius 2 is 1.86 bits per heavy atom. The van der Waals surface area contributed by atoms with Gasteiger partial charge in [-0.05, 0) is 24.0 Å². The second-order valence-electron chi connectivity index (χ2n) is 3.17. The van der Waals surface area contributed by atoms with Crippen LogP contribution in [0, 0.1) is 0 Å². The van der Waals surface area contributed by atoms with Crippen molar-refractivity contribution in [1.82, 2.24) is 0 Å². The van der Waals surface area contributed by atoms with Crippen molar-refractivity contribution in [3.63, 3.8) is 0 Å². The molecule has 14 heavy (non-hydrogen) atoms. The van der Waals surface area contributed by atoms with Crippen LogP contribution in [0.2, 0.25) is 0 Å². The Morgan fingerprint density at radius 1 is 1.29 bits per heavy atom. The molecule has 74 valence electrons. The van der Waals surface area contributed by atoms with E-state index in [1.54, 1.807) is 0 Å². The van der Waals surface area contributed by atoms with Crippen molar-refractivity contribution in [2.45, 2.75) is 18.2 Å². The molecule has 0 spiro atoms. The lowest BCUT2D eigenvalue weighted by Crippen LogP contribution is -2.03. The molecule has 0 aliphatic heterocycles. The SMILES string of the molecule is C=CCc1ccc(CC(Cl)C=O)cc1. The van der Waals surface area contributed by atoms with Crippen LogP contribution < -0.4 is 0 Å². The van der Waals surface area contributed by atoms with E-state index in [-0.39, 0.29) is 0 Å². The highest BCUT2D eigenvalue weighted by Crippen LogP contribution is 2.09. The maximum Gasteiger partial charge on any atom is 0.138 e. The number of aldehydes is 1. The molecule has 1 aromatic rings. The molecule has 0 bridgehead atoms. The van der Waals surface area contributed by atoms with Crippen LogP contribution in [0.4, 0.5) is 0 Å². The summed E-state index contributed by atoms with van der Waals surface area (Å²) in [4.78, 5) is 10.3. The molecule has 0 radical (unpaired) electrons. The third kappa shape index (κ3) is 3.35. The zero-order valence-corrected chi connectivity index (χ0v) is 8.70. The number of carbonyl (C=O) groups excluding carboxylic acids is 1. The summed E-state index contributed by atoms with van der Waals surface area (Å²) >= 11 is 5.72. The van der Waals surface area contributed by atoms with Gasteiger partial charge in [0.25, 0.3) is 0 Å². The molecule has 1 unspecified atom stereocenters. The number of benzene rings is 1. The van der Waals surface area contributed by atoms with Crippen LogP contribution >= 0.6 is 11.6 Å². The minimum Gasteiger partial charge on any atom is -0.302 e. The van der Waals surface area contributed by atoms with E-state index in [9.17, 15) is 4.79 Å². The topological polar surface area (TPSA) is 17.1 Å². The summed E-state index contributed by atoms with van der Waals surface area (Å²) in [5.74, 6) is 0. The fraction of sp³-hybridized carbons (Fsp3) is 0.250. The van der Waals surface area contributed by atoms with Crippen molar-refractivity contribution in [1.29, 1.82) is 0 Å². The number of hydrogen-bond acceptors (Lipinski definition) is 1. The predicted molar refractivity (Wildman–Crippen MR) is 59.8 cm³/mol. The summed E-state index contributed by atoms with van der Waals surface area (Å²) in [6.45, 7) is 3.67. The Hall–Kier alpha value is -1.08. The number of alkyl halides is 1. The van der Waals surface area contributed by atoms with Crippen LogP contribution in [0.1, 0.15) is 11.1 Å². The third-order valence-corrected chi connectivity index (χ3v) is 2.24. The average Bonchev–Trinajstić information content (AvgIpc) is 2.21. The van der Waals surface area contributed by atoms with Crippen molar-refractivity contribution in [3.05, 3.63) is 48.0 Å². The van der Waals surface area contributed by atoms with Gasteiger partial charge in [0, 0.05) is 0 Å². The van der Waals surface area contributed by atoms with Crippen molar-refractivity contribution in [2.75, 3.05) is 0 Å². The molecular weight excluding hydrogens is 196 g/mol. The van der Waals surface area contributed by atoms with Crippen molar-refractivity contribution < 1.29 is 4.79 Å². The molecule has 0 fully saturated rings. The molecular formula is C12H13ClO. The standard InChI is InChI=1S/C12H13ClO/c1-2-3-10-4-6-11(7-5-10)8-12(13)9-14/h2,4-7,9,12H,1,3,8H2. The Morgan fingerprint density at radius 3 is 2.36 bits per heavy atom. The summed E-state index contributed by atoms with van der Waals surface area (Å²) in [6, 6.07) is 8.06. The number of rotatable bonds is 5. The normalized spacial score (nSPS) is 12.1. The third-order valence-electron chi connectivity index (χ3n) is 1.98. The molecule has 0 aliphatic rings. The van der Waals surface area contributed by atoms with Crippen LogP contribution in [0.5, 0.6) is 0 Å². The first-order valence-electron chi connectivity index (χ1n) is 4.54. The van der Waals surface area contributed by atoms with Gasteiger partial charge in [0.15, 0.2) is 0 Å². The smallest absolute Gasteiger partial charge is 0.138 e. The molecule has 0 heterocycles. The number of halogens is 1. The Labute approximate surface area is 89.4 Å². The first kappa shape index (κ1) is 11.0. The summed E-state index contributed by atoms with van der Waals surface area (Å²) in [5, 5.41) is -0.416. The van der Waals surface area contributed by atoms with Crippen LogP contribution in [0.3, 0.4) is 0 Å². The van der Waals surface area contributed by atoms with Crippen LogP contribution in [0.25, 0.3) is 0 Å². The van der Waals surface area contributed by atoms with E-state index in [0.717, 1.165) is 18.3 Å². The molecule has 0 amide bonds. The zero-order valence-electron chi connectivity index (χ0n) is 7.95. The Kier molecular flexibility index (Phi) is 4.41. The molecule has 1 rings (SSSR count). The maximum absolute atomic E-state index is 10.3. The fourth-order valence-corrected chi connectivity index (χ4v) is 1.43. The van der Waals surface area contributed by atoms with Gasteiger partial charge in [-0.1, -0.05) is 30.3 Å². The number of carbonyl (C=O) groups is 1. The van der Waals surface area contributed by atoms with Crippen molar-refractivity contribution in [2.24, 2.45) is 0 Å². The number of allylic oxidation sites excluding steroid dienone is 1. The maximum atomic E-state index is 10.3. The summed E-state index contributed by atoms with van der Waals surface area (Å²) in [7, 11) is 0. The highest BCUT2D eigenvalue weighted by atomic mass is 35.5. The quantitative estimate of drug-likeness (QED) is 0.413. The van der Waals surface area contributed by atoms with E-state index in [4.69, 9.17) is 11.6 Å². The zero-order chi connectivity index (χ0) is 10.4. The van der Waals surface area contributed by atoms with E-state index in [0.29, 0.717) is 6.42 Å². The minimum atomic E-state index is -0.416. The molecule has 2 heteroatoms. The van der Waals surface area contributed by atoms with Gasteiger partial charge in [0.2, 0.25) is 0 Å². The van der Waals surface area contributed by atoms with E-state index >= 15 is 0 Å². The predicted octanol–water partition coefficient (Wildman–Crippen LogP) is 2.76. The van der Waals surface area contributed by atoms with Crippen LogP contribution in [0.15, 0.2) is 36.9 Å². The number of hydrogen-bond donors (Lipinski definition) is 0. The lowest BCUT2D eigenvalue weighted by molar-refractivity contribution is -0.107. The minimum absolute atomic E-state index is 0.416. The van der Waals surface area contributed by atoms with Gasteiger partial charge < -0.3 is 4.79 Å². The first-order valence-corrected chi connectivity index (χ1v) is 4.98. The van der Waals surface area contributed by atoms with Crippen LogP contribution in [-0.2, 0) is 17.6 Å². The molecule has 1 nitrogen and oxygen atoms in total. The summed E-state index contributed by atoms with van der Waals surface area (Å²) < 4.78 is 0. The second kappa shape index (κ2) is 5.61. The van der Waals surface area contributed by atoms with Gasteiger partial charge in [-0.3, -0.25) is 0 Å². The Bertz CT molecular complexity index is 303. The molecule has 0 saturated carbocycles. The van der Waals surface area contributed by atoms with Crippen molar-refractivity contribution >= 4 is 17.9 Å². The van der Waals surface area contributed by atoms with Gasteiger partial charge >= 0.3 is 0 Å². The van der Waals surface area contributed by atoms with Gasteiger partial charge in [0.1, 0.15) is 6.29 Å². The van der Waals surface area contributed by atoms with Gasteiger partial charge in [-0.15, -0.1) is 18.2 Å². The fourth-order valence-electron chi connectivity index (χ4n) is 1.25. The lowest BCUT2D eigenvalue weighted by atomic mass is 10.1. The highest BCUT2D eigenvalue weighted by molar-refractivity contribution is 6.27. The molecule has 0 saturated heterocycles. The molecule has 0 N–H and O–H groups in total. The monoisotopic (exact) mass is 208 g/mol. The highest BCUT2D eigenvalue weighted by Gasteiger charge is 2.03. The first-order chi connectivity index (χ1) is 6.76. The van der Waals surface area contributed by atoms with Crippen LogP contribution in [-0.4, -0.2) is 11.7 Å². The largest absolute Gasteiger partial charge is 0.302 e. The average molecular weight is 209 g/mol. The molecule has 0 aromatic heterocycles. The van der Waals surface area contributed by atoms with E-state index < -0.39 is 5.38 Å². The van der Waals surface area contributed by atoms with E-state index in [2.05, 4.69) is 6.58 Å². The molecule has 1 atom stereocenters. The molecule has 0 aliphatic carbocycles. The molecule has 1 aromatic carbocycles. The van der Waals surface area contributed by atoms with Crippen molar-refractivity contribution in [3.8, 4) is 0 Å². The second-order valence-corrected chi connectivity index (χ2v) is 3.73. The van der Waals surface area contributed by atoms with E-state index in [1.165, 1.54) is 5.56 Å².